The van der Waals surface area contributed by atoms with Gasteiger partial charge in [-0.15, -0.1) is 0 Å². The number of aryl methyl sites for hydroxylation is 1. The van der Waals surface area contributed by atoms with E-state index in [1.54, 1.807) is 20.8 Å². The standard InChI is InChI=1S/C16H24N4O5/c1-16(2,3)25-15(24)20-8-6-19(7-9-20)13(22)11-10-17(4)14(23)18(5)12(11)21/h10H,6-9H2,1-5H3. The highest BCUT2D eigenvalue weighted by Crippen LogP contribution is 2.12. The first-order chi connectivity index (χ1) is 11.5. The topological polar surface area (TPSA) is 93.8 Å². The van der Waals surface area contributed by atoms with Gasteiger partial charge in [-0.25, -0.2) is 9.59 Å². The van der Waals surface area contributed by atoms with Crippen molar-refractivity contribution in [3.05, 3.63) is 32.6 Å². The van der Waals surface area contributed by atoms with Gasteiger partial charge in [0.2, 0.25) is 0 Å². The summed E-state index contributed by atoms with van der Waals surface area (Å²) in [7, 11) is 2.82. The fourth-order valence-corrected chi connectivity index (χ4v) is 2.54. The molecule has 1 saturated heterocycles. The maximum absolute atomic E-state index is 12.6. The molecule has 138 valence electrons. The lowest BCUT2D eigenvalue weighted by Crippen LogP contribution is -2.53. The van der Waals surface area contributed by atoms with Gasteiger partial charge >= 0.3 is 11.8 Å². The summed E-state index contributed by atoms with van der Waals surface area (Å²) in [5, 5.41) is 0. The quantitative estimate of drug-likeness (QED) is 0.696. The van der Waals surface area contributed by atoms with Gasteiger partial charge in [-0.05, 0) is 20.8 Å². The van der Waals surface area contributed by atoms with Crippen LogP contribution in [0.5, 0.6) is 0 Å². The first kappa shape index (κ1) is 18.8. The second kappa shape index (κ2) is 6.73. The van der Waals surface area contributed by atoms with Crippen LogP contribution in [0.4, 0.5) is 4.79 Å². The van der Waals surface area contributed by atoms with Crippen molar-refractivity contribution in [3.8, 4) is 0 Å². The van der Waals surface area contributed by atoms with Crippen molar-refractivity contribution in [1.82, 2.24) is 18.9 Å². The van der Waals surface area contributed by atoms with Gasteiger partial charge in [-0.1, -0.05) is 0 Å². The van der Waals surface area contributed by atoms with Gasteiger partial charge in [-0.3, -0.25) is 14.2 Å². The second-order valence-corrected chi connectivity index (χ2v) is 7.06. The van der Waals surface area contributed by atoms with E-state index in [9.17, 15) is 19.2 Å². The zero-order chi connectivity index (χ0) is 18.9. The number of rotatable bonds is 1. The third kappa shape index (κ3) is 4.09. The molecule has 1 aliphatic rings. The molecule has 0 N–H and O–H groups in total. The Bertz CT molecular complexity index is 794. The molecule has 0 bridgehead atoms. The minimum Gasteiger partial charge on any atom is -0.444 e. The summed E-state index contributed by atoms with van der Waals surface area (Å²) in [6, 6.07) is 0. The maximum Gasteiger partial charge on any atom is 0.410 e. The summed E-state index contributed by atoms with van der Waals surface area (Å²) in [5.74, 6) is -0.444. The number of hydrogen-bond donors (Lipinski definition) is 0. The minimum absolute atomic E-state index is 0.0599. The van der Waals surface area contributed by atoms with Crippen LogP contribution in [0, 0.1) is 0 Å². The largest absolute Gasteiger partial charge is 0.444 e. The number of aromatic nitrogens is 2. The van der Waals surface area contributed by atoms with Crippen molar-refractivity contribution in [3.63, 3.8) is 0 Å². The van der Waals surface area contributed by atoms with Gasteiger partial charge in [0.25, 0.3) is 11.5 Å². The van der Waals surface area contributed by atoms with E-state index in [1.165, 1.54) is 34.7 Å². The second-order valence-electron chi connectivity index (χ2n) is 7.06. The van der Waals surface area contributed by atoms with Crippen LogP contribution >= 0.6 is 0 Å². The first-order valence-electron chi connectivity index (χ1n) is 8.05. The summed E-state index contributed by atoms with van der Waals surface area (Å²) < 4.78 is 7.42. The predicted molar refractivity (Wildman–Crippen MR) is 90.6 cm³/mol. The Labute approximate surface area is 145 Å². The van der Waals surface area contributed by atoms with Crippen molar-refractivity contribution >= 4 is 12.0 Å². The SMILES string of the molecule is Cn1cc(C(=O)N2CCN(C(=O)OC(C)(C)C)CC2)c(=O)n(C)c1=O. The molecule has 1 aliphatic heterocycles. The molecule has 2 amide bonds. The average molecular weight is 352 g/mol. The lowest BCUT2D eigenvalue weighted by molar-refractivity contribution is 0.0140. The Balaban J connectivity index is 2.09. The van der Waals surface area contributed by atoms with Crippen LogP contribution in [0.1, 0.15) is 31.1 Å². The number of nitrogens with zero attached hydrogens (tertiary/aromatic N) is 4. The molecule has 0 saturated carbocycles. The third-order valence-electron chi connectivity index (χ3n) is 3.90. The monoisotopic (exact) mass is 352 g/mol. The van der Waals surface area contributed by atoms with Crippen molar-refractivity contribution in [2.24, 2.45) is 14.1 Å². The first-order valence-corrected chi connectivity index (χ1v) is 8.05. The molecular formula is C16H24N4O5. The summed E-state index contributed by atoms with van der Waals surface area (Å²) in [5.41, 5.74) is -1.75. The molecule has 9 nitrogen and oxygen atoms in total. The summed E-state index contributed by atoms with van der Waals surface area (Å²) in [6.45, 7) is 6.62. The van der Waals surface area contributed by atoms with E-state index in [1.807, 2.05) is 0 Å². The molecule has 1 aromatic rings. The zero-order valence-corrected chi connectivity index (χ0v) is 15.2. The lowest BCUT2D eigenvalue weighted by Gasteiger charge is -2.35. The molecule has 25 heavy (non-hydrogen) atoms. The normalized spacial score (nSPS) is 15.2. The molecule has 2 rings (SSSR count). The molecule has 0 aromatic carbocycles. The van der Waals surface area contributed by atoms with Crippen LogP contribution in [-0.4, -0.2) is 62.7 Å². The highest BCUT2D eigenvalue weighted by atomic mass is 16.6. The highest BCUT2D eigenvalue weighted by molar-refractivity contribution is 5.93. The number of piperazine rings is 1. The average Bonchev–Trinajstić information content (AvgIpc) is 2.54. The van der Waals surface area contributed by atoms with E-state index in [-0.39, 0.29) is 5.56 Å². The number of carbonyl (C=O) groups is 2. The van der Waals surface area contributed by atoms with Gasteiger partial charge in [0.1, 0.15) is 11.2 Å². The molecule has 2 heterocycles. The maximum atomic E-state index is 12.6. The van der Waals surface area contributed by atoms with Crippen LogP contribution in [-0.2, 0) is 18.8 Å². The van der Waals surface area contributed by atoms with Crippen LogP contribution in [0.3, 0.4) is 0 Å². The van der Waals surface area contributed by atoms with Crippen molar-refractivity contribution in [2.75, 3.05) is 26.2 Å². The molecule has 1 aromatic heterocycles. The van der Waals surface area contributed by atoms with E-state index in [0.717, 1.165) is 4.57 Å². The van der Waals surface area contributed by atoms with Gasteiger partial charge in [0, 0.05) is 46.5 Å². The fraction of sp³-hybridized carbons (Fsp3) is 0.625. The van der Waals surface area contributed by atoms with Crippen LogP contribution in [0.15, 0.2) is 15.8 Å². The Morgan fingerprint density at radius 3 is 2.04 bits per heavy atom. The molecule has 9 heteroatoms. The summed E-state index contributed by atoms with van der Waals surface area (Å²) in [6.07, 6.45) is 0.838. The number of carbonyl (C=O) groups excluding carboxylic acids is 2. The number of amides is 2. The fourth-order valence-electron chi connectivity index (χ4n) is 2.54. The van der Waals surface area contributed by atoms with Gasteiger partial charge < -0.3 is 19.1 Å². The lowest BCUT2D eigenvalue weighted by atomic mass is 10.2. The Morgan fingerprint density at radius 2 is 1.52 bits per heavy atom. The van der Waals surface area contributed by atoms with E-state index in [2.05, 4.69) is 0 Å². The Kier molecular flexibility index (Phi) is 5.05. The number of hydrogen-bond acceptors (Lipinski definition) is 5. The van der Waals surface area contributed by atoms with E-state index in [0.29, 0.717) is 26.2 Å². The molecule has 0 aliphatic carbocycles. The molecule has 0 radical (unpaired) electrons. The van der Waals surface area contributed by atoms with Gasteiger partial charge in [-0.2, -0.15) is 0 Å². The van der Waals surface area contributed by atoms with Crippen molar-refractivity contribution in [1.29, 1.82) is 0 Å². The zero-order valence-electron chi connectivity index (χ0n) is 15.2. The van der Waals surface area contributed by atoms with Crippen molar-refractivity contribution in [2.45, 2.75) is 26.4 Å². The molecular weight excluding hydrogens is 328 g/mol. The third-order valence-corrected chi connectivity index (χ3v) is 3.90. The van der Waals surface area contributed by atoms with Gasteiger partial charge in [0.15, 0.2) is 0 Å². The Morgan fingerprint density at radius 1 is 1.00 bits per heavy atom. The van der Waals surface area contributed by atoms with Crippen LogP contribution < -0.4 is 11.2 Å². The highest BCUT2D eigenvalue weighted by Gasteiger charge is 2.29. The van der Waals surface area contributed by atoms with E-state index < -0.39 is 28.9 Å². The minimum atomic E-state index is -0.623. The molecule has 0 unspecified atom stereocenters. The predicted octanol–water partition coefficient (Wildman–Crippen LogP) is -0.223. The van der Waals surface area contributed by atoms with E-state index in [4.69, 9.17) is 4.74 Å². The number of ether oxygens (including phenoxy) is 1. The molecule has 0 atom stereocenters. The summed E-state index contributed by atoms with van der Waals surface area (Å²) in [4.78, 5) is 51.6. The van der Waals surface area contributed by atoms with Crippen LogP contribution in [0.2, 0.25) is 0 Å². The van der Waals surface area contributed by atoms with Gasteiger partial charge in [0.05, 0.1) is 0 Å². The summed E-state index contributed by atoms with van der Waals surface area (Å²) >= 11 is 0. The molecule has 0 spiro atoms. The Hall–Kier alpha value is -2.58. The smallest absolute Gasteiger partial charge is 0.410 e. The molecule has 1 fully saturated rings. The van der Waals surface area contributed by atoms with E-state index >= 15 is 0 Å². The van der Waals surface area contributed by atoms with Crippen molar-refractivity contribution < 1.29 is 14.3 Å². The van der Waals surface area contributed by atoms with Crippen LogP contribution in [0.25, 0.3) is 0 Å².